The van der Waals surface area contributed by atoms with Crippen molar-refractivity contribution < 1.29 is 17.9 Å². The molecular formula is C23H18F3N3O2S. The molecule has 164 valence electrons. The minimum Gasteiger partial charge on any atom is -0.269 e. The van der Waals surface area contributed by atoms with Crippen molar-refractivity contribution in [2.24, 2.45) is 0 Å². The quantitative estimate of drug-likeness (QED) is 0.290. The number of ether oxygens (including phenoxy) is 1. The Balaban J connectivity index is 2.09. The lowest BCUT2D eigenvalue weighted by Gasteiger charge is -2.24. The van der Waals surface area contributed by atoms with Crippen LogP contribution < -0.4 is 5.56 Å². The number of fused-ring (bicyclic) bond motifs is 1. The van der Waals surface area contributed by atoms with E-state index in [0.717, 1.165) is 10.1 Å². The highest BCUT2D eigenvalue weighted by Crippen LogP contribution is 2.32. The van der Waals surface area contributed by atoms with Crippen LogP contribution in [0.25, 0.3) is 22.2 Å². The van der Waals surface area contributed by atoms with Gasteiger partial charge in [0.05, 0.1) is 0 Å². The zero-order chi connectivity index (χ0) is 22.9. The van der Waals surface area contributed by atoms with Gasteiger partial charge >= 0.3 is 6.36 Å². The van der Waals surface area contributed by atoms with Gasteiger partial charge in [0.1, 0.15) is 5.65 Å². The molecule has 0 aliphatic carbocycles. The molecule has 0 N–H and O–H groups in total. The smallest absolute Gasteiger partial charge is 0.269 e. The molecule has 4 aromatic rings. The van der Waals surface area contributed by atoms with Crippen LogP contribution in [0.4, 0.5) is 13.2 Å². The number of halogens is 3. The molecule has 2 heterocycles. The predicted molar refractivity (Wildman–Crippen MR) is 117 cm³/mol. The van der Waals surface area contributed by atoms with Crippen LogP contribution >= 0.6 is 11.8 Å². The molecule has 0 saturated heterocycles. The summed E-state index contributed by atoms with van der Waals surface area (Å²) in [5.41, 5.74) is 1.24. The summed E-state index contributed by atoms with van der Waals surface area (Å²) in [6.45, 7) is 1.83. The maximum atomic E-state index is 13.7. The molecule has 2 aromatic carbocycles. The summed E-state index contributed by atoms with van der Waals surface area (Å²) in [4.78, 5) is 22.3. The Labute approximate surface area is 185 Å². The molecule has 0 amide bonds. The van der Waals surface area contributed by atoms with Crippen molar-refractivity contribution in [1.82, 2.24) is 14.5 Å². The number of aryl methyl sites for hydroxylation is 1. The van der Waals surface area contributed by atoms with Crippen LogP contribution in [0.2, 0.25) is 0 Å². The first-order valence-corrected chi connectivity index (χ1v) is 10.8. The molecule has 0 saturated carbocycles. The minimum absolute atomic E-state index is 0.0600. The highest BCUT2D eigenvalue weighted by molar-refractivity contribution is 7.98. The first-order chi connectivity index (χ1) is 15.3. The van der Waals surface area contributed by atoms with Gasteiger partial charge in [-0.15, -0.1) is 13.2 Å². The van der Waals surface area contributed by atoms with Gasteiger partial charge in [0, 0.05) is 22.7 Å². The van der Waals surface area contributed by atoms with E-state index in [1.807, 2.05) is 19.1 Å². The second-order valence-electron chi connectivity index (χ2n) is 7.01. The van der Waals surface area contributed by atoms with Crippen molar-refractivity contribution in [1.29, 1.82) is 0 Å². The second kappa shape index (κ2) is 8.76. The predicted octanol–water partition coefficient (Wildman–Crippen LogP) is 5.57. The topological polar surface area (TPSA) is 57.0 Å². The van der Waals surface area contributed by atoms with Gasteiger partial charge < -0.3 is 0 Å². The standard InChI is InChI=1S/C23H18F3N3O2S/c1-14-8-6-7-11-17(14)18-12-16-13-27-22(32-2)28-19(16)29(20(18)30)21(31-23(24,25)26)15-9-4-3-5-10-15/h3-13,21H,1-2H3. The fourth-order valence-electron chi connectivity index (χ4n) is 3.50. The fourth-order valence-corrected chi connectivity index (χ4v) is 3.84. The lowest BCUT2D eigenvalue weighted by Crippen LogP contribution is -2.33. The summed E-state index contributed by atoms with van der Waals surface area (Å²) in [7, 11) is 0. The highest BCUT2D eigenvalue weighted by atomic mass is 32.2. The molecule has 5 nitrogen and oxygen atoms in total. The van der Waals surface area contributed by atoms with Crippen LogP contribution in [0.1, 0.15) is 17.4 Å². The monoisotopic (exact) mass is 457 g/mol. The number of aromatic nitrogens is 3. The Morgan fingerprint density at radius 1 is 1.03 bits per heavy atom. The summed E-state index contributed by atoms with van der Waals surface area (Å²) in [5.74, 6) is 0. The molecule has 32 heavy (non-hydrogen) atoms. The van der Waals surface area contributed by atoms with Gasteiger partial charge in [-0.1, -0.05) is 66.4 Å². The largest absolute Gasteiger partial charge is 0.524 e. The fraction of sp³-hybridized carbons (Fsp3) is 0.174. The van der Waals surface area contributed by atoms with Gasteiger partial charge in [0.15, 0.2) is 11.4 Å². The van der Waals surface area contributed by atoms with Crippen LogP contribution in [0.5, 0.6) is 0 Å². The average Bonchev–Trinajstić information content (AvgIpc) is 2.77. The third-order valence-electron chi connectivity index (χ3n) is 4.93. The van der Waals surface area contributed by atoms with E-state index in [0.29, 0.717) is 16.1 Å². The first-order valence-electron chi connectivity index (χ1n) is 9.60. The molecule has 0 aliphatic rings. The normalized spacial score (nSPS) is 12.8. The van der Waals surface area contributed by atoms with Gasteiger partial charge in [0.25, 0.3) is 5.56 Å². The van der Waals surface area contributed by atoms with Crippen molar-refractivity contribution >= 4 is 22.8 Å². The van der Waals surface area contributed by atoms with E-state index in [-0.39, 0.29) is 16.8 Å². The number of thioether (sulfide) groups is 1. The van der Waals surface area contributed by atoms with Crippen LogP contribution in [-0.4, -0.2) is 27.2 Å². The van der Waals surface area contributed by atoms with Crippen LogP contribution in [0.3, 0.4) is 0 Å². The van der Waals surface area contributed by atoms with Gasteiger partial charge in [-0.3, -0.25) is 14.1 Å². The molecule has 1 unspecified atom stereocenters. The van der Waals surface area contributed by atoms with Crippen molar-refractivity contribution in [2.75, 3.05) is 6.26 Å². The SMILES string of the molecule is CSc1ncc2cc(-c3ccccc3C)c(=O)n(C(OC(F)(F)F)c3ccccc3)c2n1. The maximum Gasteiger partial charge on any atom is 0.524 e. The molecule has 4 rings (SSSR count). The zero-order valence-corrected chi connectivity index (χ0v) is 17.9. The van der Waals surface area contributed by atoms with E-state index >= 15 is 0 Å². The summed E-state index contributed by atoms with van der Waals surface area (Å²) in [6, 6.07) is 16.6. The summed E-state index contributed by atoms with van der Waals surface area (Å²) < 4.78 is 45.9. The molecule has 2 aromatic heterocycles. The van der Waals surface area contributed by atoms with Crippen LogP contribution in [0, 0.1) is 6.92 Å². The van der Waals surface area contributed by atoms with Gasteiger partial charge in [-0.2, -0.15) is 0 Å². The summed E-state index contributed by atoms with van der Waals surface area (Å²) >= 11 is 1.22. The molecular weight excluding hydrogens is 439 g/mol. The molecule has 0 radical (unpaired) electrons. The zero-order valence-electron chi connectivity index (χ0n) is 17.1. The molecule has 0 aliphatic heterocycles. The van der Waals surface area contributed by atoms with E-state index in [4.69, 9.17) is 0 Å². The Morgan fingerprint density at radius 3 is 2.38 bits per heavy atom. The number of nitrogens with zero attached hydrogens (tertiary/aromatic N) is 3. The van der Waals surface area contributed by atoms with Gasteiger partial charge in [-0.05, 0) is 30.4 Å². The number of hydrogen-bond donors (Lipinski definition) is 0. The van der Waals surface area contributed by atoms with E-state index < -0.39 is 18.1 Å². The van der Waals surface area contributed by atoms with Crippen molar-refractivity contribution in [3.63, 3.8) is 0 Å². The Kier molecular flexibility index (Phi) is 6.03. The molecule has 0 fully saturated rings. The number of benzene rings is 2. The van der Waals surface area contributed by atoms with Crippen LogP contribution in [0.15, 0.2) is 76.8 Å². The Hall–Kier alpha value is -3.17. The molecule has 0 spiro atoms. The van der Waals surface area contributed by atoms with Crippen molar-refractivity contribution in [2.45, 2.75) is 24.7 Å². The lowest BCUT2D eigenvalue weighted by molar-refractivity contribution is -0.348. The van der Waals surface area contributed by atoms with Gasteiger partial charge in [-0.25, -0.2) is 9.97 Å². The number of pyridine rings is 1. The number of hydrogen-bond acceptors (Lipinski definition) is 5. The van der Waals surface area contributed by atoms with E-state index in [1.165, 1.54) is 30.1 Å². The third kappa shape index (κ3) is 4.39. The average molecular weight is 457 g/mol. The summed E-state index contributed by atoms with van der Waals surface area (Å²) in [6.07, 6.45) is -3.51. The van der Waals surface area contributed by atoms with Crippen molar-refractivity contribution in [3.8, 4) is 11.1 Å². The van der Waals surface area contributed by atoms with E-state index in [9.17, 15) is 18.0 Å². The minimum atomic E-state index is -4.99. The molecule has 0 bridgehead atoms. The molecule has 1 atom stereocenters. The number of rotatable bonds is 5. The Bertz CT molecular complexity index is 1320. The van der Waals surface area contributed by atoms with Crippen LogP contribution in [-0.2, 0) is 4.74 Å². The van der Waals surface area contributed by atoms with Crippen molar-refractivity contribution in [3.05, 3.63) is 88.3 Å². The lowest BCUT2D eigenvalue weighted by atomic mass is 10.0. The first kappa shape index (κ1) is 22.0. The number of alkyl halides is 3. The Morgan fingerprint density at radius 2 is 1.72 bits per heavy atom. The van der Waals surface area contributed by atoms with E-state index in [1.54, 1.807) is 42.7 Å². The highest BCUT2D eigenvalue weighted by Gasteiger charge is 2.36. The molecule has 9 heteroatoms. The van der Waals surface area contributed by atoms with E-state index in [2.05, 4.69) is 14.7 Å². The maximum absolute atomic E-state index is 13.7. The second-order valence-corrected chi connectivity index (χ2v) is 7.78. The third-order valence-corrected chi connectivity index (χ3v) is 5.50. The summed E-state index contributed by atoms with van der Waals surface area (Å²) in [5, 5.41) is 0.750. The van der Waals surface area contributed by atoms with Gasteiger partial charge in [0.2, 0.25) is 0 Å².